The first-order chi connectivity index (χ1) is 13.9. The molecule has 29 heavy (non-hydrogen) atoms. The van der Waals surface area contributed by atoms with Crippen LogP contribution in [0.1, 0.15) is 48.3 Å². The van der Waals surface area contributed by atoms with Gasteiger partial charge in [0, 0.05) is 30.4 Å². The first kappa shape index (κ1) is 19.4. The highest BCUT2D eigenvalue weighted by Crippen LogP contribution is 2.45. The van der Waals surface area contributed by atoms with Crippen LogP contribution in [-0.2, 0) is 4.79 Å². The maximum atomic E-state index is 13.4. The number of nitrogens with zero attached hydrogens (tertiary/aromatic N) is 3. The third-order valence-electron chi connectivity index (χ3n) is 5.86. The Kier molecular flexibility index (Phi) is 5.02. The van der Waals surface area contributed by atoms with Crippen LogP contribution in [0.4, 0.5) is 14.6 Å². The number of hydrogen-bond donors (Lipinski definition) is 1. The molecule has 1 aromatic heterocycles. The average Bonchev–Trinajstić information content (AvgIpc) is 2.97. The van der Waals surface area contributed by atoms with Crippen molar-refractivity contribution in [3.63, 3.8) is 0 Å². The highest BCUT2D eigenvalue weighted by atomic mass is 19.1. The van der Waals surface area contributed by atoms with Crippen LogP contribution in [0.5, 0.6) is 0 Å². The summed E-state index contributed by atoms with van der Waals surface area (Å²) in [5.41, 5.74) is -0.597. The van der Waals surface area contributed by atoms with Crippen molar-refractivity contribution in [2.24, 2.45) is 5.41 Å². The minimum Gasteiger partial charge on any atom is -0.349 e. The minimum atomic E-state index is -0.794. The van der Waals surface area contributed by atoms with Gasteiger partial charge in [0.25, 0.3) is 5.91 Å². The fourth-order valence-corrected chi connectivity index (χ4v) is 4.49. The van der Waals surface area contributed by atoms with E-state index >= 15 is 0 Å². The number of aryl methyl sites for hydroxylation is 1. The maximum absolute atomic E-state index is 13.4. The molecule has 2 atom stereocenters. The molecule has 8 heteroatoms. The third-order valence-corrected chi connectivity index (χ3v) is 5.86. The van der Waals surface area contributed by atoms with Crippen molar-refractivity contribution < 1.29 is 18.4 Å². The number of anilines is 1. The highest BCUT2D eigenvalue weighted by molar-refractivity contribution is 5.99. The Balaban J connectivity index is 1.48. The van der Waals surface area contributed by atoms with E-state index in [9.17, 15) is 18.4 Å². The Morgan fingerprint density at radius 1 is 1.24 bits per heavy atom. The predicted octanol–water partition coefficient (Wildman–Crippen LogP) is 3.16. The van der Waals surface area contributed by atoms with Gasteiger partial charge in [0.2, 0.25) is 5.91 Å². The number of aromatic nitrogens is 2. The van der Waals surface area contributed by atoms with E-state index in [1.54, 1.807) is 24.1 Å². The van der Waals surface area contributed by atoms with E-state index in [4.69, 9.17) is 0 Å². The van der Waals surface area contributed by atoms with Crippen LogP contribution in [0.2, 0.25) is 0 Å². The molecule has 1 aromatic carbocycles. The van der Waals surface area contributed by atoms with Gasteiger partial charge in [-0.2, -0.15) is 0 Å². The summed E-state index contributed by atoms with van der Waals surface area (Å²) in [5, 5.41) is 2.86. The van der Waals surface area contributed by atoms with Gasteiger partial charge in [0.15, 0.2) is 0 Å². The smallest absolute Gasteiger partial charge is 0.251 e. The summed E-state index contributed by atoms with van der Waals surface area (Å²) in [6.07, 6.45) is 5.12. The fraction of sp³-hybridized carbons (Fsp3) is 0.429. The van der Waals surface area contributed by atoms with Crippen molar-refractivity contribution in [1.29, 1.82) is 0 Å². The molecule has 2 aromatic rings. The molecule has 2 amide bonds. The average molecular weight is 400 g/mol. The molecule has 1 saturated carbocycles. The van der Waals surface area contributed by atoms with E-state index in [-0.39, 0.29) is 17.5 Å². The van der Waals surface area contributed by atoms with Crippen LogP contribution in [0.25, 0.3) is 0 Å². The van der Waals surface area contributed by atoms with Crippen LogP contribution in [0.3, 0.4) is 0 Å². The van der Waals surface area contributed by atoms with Gasteiger partial charge < -0.3 is 5.32 Å². The van der Waals surface area contributed by atoms with Gasteiger partial charge in [-0.05, 0) is 50.8 Å². The molecule has 2 fully saturated rings. The van der Waals surface area contributed by atoms with Crippen molar-refractivity contribution in [1.82, 2.24) is 15.3 Å². The third kappa shape index (κ3) is 3.83. The minimum absolute atomic E-state index is 0.0198. The predicted molar refractivity (Wildman–Crippen MR) is 102 cm³/mol. The Bertz CT molecular complexity index is 947. The van der Waals surface area contributed by atoms with E-state index < -0.39 is 23.0 Å². The molecule has 1 aliphatic carbocycles. The summed E-state index contributed by atoms with van der Waals surface area (Å²) in [6, 6.07) is 4.25. The molecule has 1 spiro atoms. The molecule has 4 rings (SSSR count). The monoisotopic (exact) mass is 400 g/mol. The molecule has 2 unspecified atom stereocenters. The number of carbonyl (C=O) groups is 2. The standard InChI is InChI=1S/C21H22F2N4O2/c1-13-24-7-4-18(25-13)27-8-6-21(20(27)29)5-2-3-17(12-21)26-19(28)14-9-15(22)11-16(23)10-14/h4,7,9-11,17H,2-3,5-6,8,12H2,1H3,(H,26,28). The van der Waals surface area contributed by atoms with Gasteiger partial charge in [-0.1, -0.05) is 6.42 Å². The van der Waals surface area contributed by atoms with Gasteiger partial charge in [-0.15, -0.1) is 0 Å². The zero-order chi connectivity index (χ0) is 20.6. The van der Waals surface area contributed by atoms with Crippen LogP contribution >= 0.6 is 0 Å². The number of halogens is 2. The second-order valence-electron chi connectivity index (χ2n) is 7.87. The quantitative estimate of drug-likeness (QED) is 0.859. The summed E-state index contributed by atoms with van der Waals surface area (Å²) in [7, 11) is 0. The summed E-state index contributed by atoms with van der Waals surface area (Å²) in [4.78, 5) is 35.8. The lowest BCUT2D eigenvalue weighted by molar-refractivity contribution is -0.127. The Morgan fingerprint density at radius 3 is 2.72 bits per heavy atom. The van der Waals surface area contributed by atoms with Gasteiger partial charge in [0.1, 0.15) is 23.3 Å². The Hall–Kier alpha value is -2.90. The van der Waals surface area contributed by atoms with Gasteiger partial charge >= 0.3 is 0 Å². The first-order valence-electron chi connectivity index (χ1n) is 9.75. The lowest BCUT2D eigenvalue weighted by atomic mass is 9.71. The van der Waals surface area contributed by atoms with Crippen LogP contribution in [-0.4, -0.2) is 34.4 Å². The zero-order valence-corrected chi connectivity index (χ0v) is 16.1. The molecule has 2 heterocycles. The number of amides is 2. The fourth-order valence-electron chi connectivity index (χ4n) is 4.49. The van der Waals surface area contributed by atoms with Crippen LogP contribution in [0, 0.1) is 24.0 Å². The van der Waals surface area contributed by atoms with E-state index in [1.165, 1.54) is 0 Å². The number of carbonyl (C=O) groups excluding carboxylic acids is 2. The second-order valence-corrected chi connectivity index (χ2v) is 7.87. The molecule has 6 nitrogen and oxygen atoms in total. The molecule has 1 saturated heterocycles. The molecule has 0 radical (unpaired) electrons. The molecule has 1 aliphatic heterocycles. The molecule has 0 bridgehead atoms. The number of benzene rings is 1. The second kappa shape index (κ2) is 7.50. The van der Waals surface area contributed by atoms with E-state index in [0.717, 1.165) is 37.5 Å². The molecule has 1 N–H and O–H groups in total. The molecular formula is C21H22F2N4O2. The summed E-state index contributed by atoms with van der Waals surface area (Å²) in [6.45, 7) is 2.35. The van der Waals surface area contributed by atoms with Crippen molar-refractivity contribution in [3.8, 4) is 0 Å². The van der Waals surface area contributed by atoms with E-state index in [2.05, 4.69) is 15.3 Å². The summed E-state index contributed by atoms with van der Waals surface area (Å²) < 4.78 is 26.8. The van der Waals surface area contributed by atoms with Crippen molar-refractivity contribution in [3.05, 3.63) is 53.5 Å². The number of hydrogen-bond acceptors (Lipinski definition) is 4. The lowest BCUT2D eigenvalue weighted by Crippen LogP contribution is -2.46. The maximum Gasteiger partial charge on any atom is 0.251 e. The first-order valence-corrected chi connectivity index (χ1v) is 9.75. The largest absolute Gasteiger partial charge is 0.349 e. The zero-order valence-electron chi connectivity index (χ0n) is 16.1. The highest BCUT2D eigenvalue weighted by Gasteiger charge is 2.50. The number of nitrogens with one attached hydrogen (secondary N) is 1. The SMILES string of the molecule is Cc1nccc(N2CCC3(CCCC(NC(=O)c4cc(F)cc(F)c4)C3)C2=O)n1. The van der Waals surface area contributed by atoms with Gasteiger partial charge in [0.05, 0.1) is 5.41 Å². The van der Waals surface area contributed by atoms with Gasteiger partial charge in [-0.3, -0.25) is 14.5 Å². The van der Waals surface area contributed by atoms with Crippen molar-refractivity contribution in [2.45, 2.75) is 45.1 Å². The summed E-state index contributed by atoms with van der Waals surface area (Å²) >= 11 is 0. The normalized spacial score (nSPS) is 24.2. The summed E-state index contributed by atoms with van der Waals surface area (Å²) in [5.74, 6) is -0.896. The van der Waals surface area contributed by atoms with Crippen LogP contribution in [0.15, 0.2) is 30.5 Å². The van der Waals surface area contributed by atoms with Gasteiger partial charge in [-0.25, -0.2) is 18.7 Å². The Morgan fingerprint density at radius 2 is 2.00 bits per heavy atom. The molecule has 2 aliphatic rings. The molecular weight excluding hydrogens is 378 g/mol. The molecule has 152 valence electrons. The van der Waals surface area contributed by atoms with E-state index in [1.807, 2.05) is 0 Å². The van der Waals surface area contributed by atoms with Crippen molar-refractivity contribution in [2.75, 3.05) is 11.4 Å². The Labute approximate surface area is 167 Å². The van der Waals surface area contributed by atoms with Crippen LogP contribution < -0.4 is 10.2 Å². The lowest BCUT2D eigenvalue weighted by Gasteiger charge is -2.36. The van der Waals surface area contributed by atoms with Crippen molar-refractivity contribution >= 4 is 17.6 Å². The number of rotatable bonds is 3. The van der Waals surface area contributed by atoms with E-state index in [0.29, 0.717) is 31.0 Å². The topological polar surface area (TPSA) is 75.2 Å².